The van der Waals surface area contributed by atoms with Crippen molar-refractivity contribution < 1.29 is 28.5 Å². The number of nitrogens with two attached hydrogens (primary N) is 1. The van der Waals surface area contributed by atoms with Gasteiger partial charge in [0.1, 0.15) is 17.6 Å². The Balaban J connectivity index is 2.58. The van der Waals surface area contributed by atoms with E-state index in [1.807, 2.05) is 6.07 Å². The molecule has 0 amide bonds. The highest BCUT2D eigenvalue weighted by atomic mass is 16.6. The number of nitrogens with zero attached hydrogens (tertiary/aromatic N) is 2. The van der Waals surface area contributed by atoms with E-state index in [4.69, 9.17) is 19.9 Å². The summed E-state index contributed by atoms with van der Waals surface area (Å²) >= 11 is 0. The highest BCUT2D eigenvalue weighted by Crippen LogP contribution is 2.32. The SMILES string of the molecule is COC(=O)COc1ccc(OC)c(-n2cc(C#N)c(N)c2C(=O)OC)c1. The lowest BCUT2D eigenvalue weighted by Gasteiger charge is -2.14. The zero-order valence-electron chi connectivity index (χ0n) is 14.4. The number of esters is 2. The monoisotopic (exact) mass is 359 g/mol. The predicted octanol–water partition coefficient (Wildman–Crippen LogP) is 1.28. The fourth-order valence-corrected chi connectivity index (χ4v) is 2.25. The highest BCUT2D eigenvalue weighted by molar-refractivity contribution is 5.96. The van der Waals surface area contributed by atoms with Crippen LogP contribution in [-0.2, 0) is 14.3 Å². The number of carbonyl (C=O) groups excluding carboxylic acids is 2. The molecule has 0 saturated carbocycles. The van der Waals surface area contributed by atoms with Gasteiger partial charge < -0.3 is 29.2 Å². The molecule has 0 aliphatic heterocycles. The maximum Gasteiger partial charge on any atom is 0.357 e. The summed E-state index contributed by atoms with van der Waals surface area (Å²) in [4.78, 5) is 23.4. The van der Waals surface area contributed by atoms with Crippen molar-refractivity contribution in [2.24, 2.45) is 0 Å². The first-order valence-corrected chi connectivity index (χ1v) is 7.34. The van der Waals surface area contributed by atoms with Gasteiger partial charge in [-0.2, -0.15) is 5.26 Å². The molecule has 2 N–H and O–H groups in total. The Bertz CT molecular complexity index is 881. The van der Waals surface area contributed by atoms with Crippen LogP contribution in [0.15, 0.2) is 24.4 Å². The van der Waals surface area contributed by atoms with Crippen LogP contribution >= 0.6 is 0 Å². The van der Waals surface area contributed by atoms with E-state index in [0.717, 1.165) is 0 Å². The number of hydrogen-bond acceptors (Lipinski definition) is 8. The van der Waals surface area contributed by atoms with E-state index < -0.39 is 11.9 Å². The summed E-state index contributed by atoms with van der Waals surface area (Å²) in [6.07, 6.45) is 1.39. The summed E-state index contributed by atoms with van der Waals surface area (Å²) < 4.78 is 21.3. The van der Waals surface area contributed by atoms with E-state index in [0.29, 0.717) is 17.2 Å². The second-order valence-corrected chi connectivity index (χ2v) is 4.98. The minimum atomic E-state index is -0.716. The molecule has 0 fully saturated rings. The minimum absolute atomic E-state index is 0.0118. The lowest BCUT2D eigenvalue weighted by molar-refractivity contribution is -0.142. The van der Waals surface area contributed by atoms with Crippen LogP contribution < -0.4 is 15.2 Å². The number of anilines is 1. The molecule has 9 heteroatoms. The van der Waals surface area contributed by atoms with Crippen LogP contribution in [0.2, 0.25) is 0 Å². The molecule has 9 nitrogen and oxygen atoms in total. The van der Waals surface area contributed by atoms with Gasteiger partial charge in [0.25, 0.3) is 0 Å². The van der Waals surface area contributed by atoms with E-state index in [1.54, 1.807) is 12.1 Å². The van der Waals surface area contributed by atoms with Crippen molar-refractivity contribution in [2.45, 2.75) is 0 Å². The van der Waals surface area contributed by atoms with E-state index in [9.17, 15) is 14.9 Å². The van der Waals surface area contributed by atoms with Gasteiger partial charge >= 0.3 is 11.9 Å². The van der Waals surface area contributed by atoms with Crippen LogP contribution in [0.1, 0.15) is 16.1 Å². The summed E-state index contributed by atoms with van der Waals surface area (Å²) in [5, 5.41) is 9.21. The average molecular weight is 359 g/mol. The van der Waals surface area contributed by atoms with E-state index >= 15 is 0 Å². The van der Waals surface area contributed by atoms with Crippen LogP contribution in [0.5, 0.6) is 11.5 Å². The molecule has 0 bridgehead atoms. The van der Waals surface area contributed by atoms with Crippen molar-refractivity contribution in [1.29, 1.82) is 5.26 Å². The maximum absolute atomic E-state index is 12.1. The molecule has 26 heavy (non-hydrogen) atoms. The molecule has 0 aliphatic carbocycles. The molecule has 0 aliphatic rings. The van der Waals surface area contributed by atoms with Crippen molar-refractivity contribution in [3.8, 4) is 23.3 Å². The number of aromatic nitrogens is 1. The molecule has 1 aromatic heterocycles. The number of benzene rings is 1. The van der Waals surface area contributed by atoms with Gasteiger partial charge in [-0.05, 0) is 12.1 Å². The van der Waals surface area contributed by atoms with Crippen molar-refractivity contribution >= 4 is 17.6 Å². The third-order valence-corrected chi connectivity index (χ3v) is 3.54. The number of rotatable bonds is 6. The Morgan fingerprint density at radius 2 is 1.96 bits per heavy atom. The molecule has 1 heterocycles. The Kier molecular flexibility index (Phi) is 5.70. The van der Waals surface area contributed by atoms with Crippen molar-refractivity contribution in [3.05, 3.63) is 35.7 Å². The van der Waals surface area contributed by atoms with Crippen LogP contribution in [-0.4, -0.2) is 44.4 Å². The second kappa shape index (κ2) is 7.94. The fourth-order valence-electron chi connectivity index (χ4n) is 2.25. The Hall–Kier alpha value is -3.67. The van der Waals surface area contributed by atoms with Crippen molar-refractivity contribution in [2.75, 3.05) is 33.7 Å². The third kappa shape index (κ3) is 3.54. The molecular formula is C17H17N3O6. The normalized spacial score (nSPS) is 9.92. The number of carbonyl (C=O) groups is 2. The molecule has 0 radical (unpaired) electrons. The first kappa shape index (κ1) is 18.7. The van der Waals surface area contributed by atoms with Gasteiger partial charge in [-0.25, -0.2) is 9.59 Å². The number of ether oxygens (including phenoxy) is 4. The van der Waals surface area contributed by atoms with Gasteiger partial charge in [-0.3, -0.25) is 0 Å². The first-order chi connectivity index (χ1) is 12.5. The Morgan fingerprint density at radius 1 is 1.23 bits per heavy atom. The number of nitriles is 1. The fraction of sp³-hybridized carbons (Fsp3) is 0.235. The van der Waals surface area contributed by atoms with Crippen molar-refractivity contribution in [3.63, 3.8) is 0 Å². The number of methoxy groups -OCH3 is 3. The average Bonchev–Trinajstić information content (AvgIpc) is 3.01. The predicted molar refractivity (Wildman–Crippen MR) is 90.3 cm³/mol. The molecule has 0 saturated heterocycles. The molecule has 0 unspecified atom stereocenters. The zero-order valence-corrected chi connectivity index (χ0v) is 14.4. The van der Waals surface area contributed by atoms with Gasteiger partial charge in [-0.1, -0.05) is 0 Å². The summed E-state index contributed by atoms with van der Waals surface area (Å²) in [7, 11) is 3.90. The molecule has 1 aromatic carbocycles. The largest absolute Gasteiger partial charge is 0.495 e. The lowest BCUT2D eigenvalue weighted by Crippen LogP contribution is -2.14. The first-order valence-electron chi connectivity index (χ1n) is 7.34. The Morgan fingerprint density at radius 3 is 2.54 bits per heavy atom. The standard InChI is InChI=1S/C17H17N3O6/c1-23-13-5-4-11(26-9-14(21)24-2)6-12(13)20-8-10(7-18)15(19)16(20)17(22)25-3/h4-6,8H,9,19H2,1-3H3. The zero-order chi connectivity index (χ0) is 19.3. The molecule has 0 spiro atoms. The smallest absolute Gasteiger partial charge is 0.357 e. The van der Waals surface area contributed by atoms with Gasteiger partial charge in [0.05, 0.1) is 38.3 Å². The number of nitrogen functional groups attached to an aromatic ring is 1. The van der Waals surface area contributed by atoms with Crippen LogP contribution in [0.3, 0.4) is 0 Å². The quantitative estimate of drug-likeness (QED) is 0.764. The molecule has 136 valence electrons. The highest BCUT2D eigenvalue weighted by Gasteiger charge is 2.23. The van der Waals surface area contributed by atoms with Gasteiger partial charge in [-0.15, -0.1) is 0 Å². The van der Waals surface area contributed by atoms with Gasteiger partial charge in [0.15, 0.2) is 12.3 Å². The maximum atomic E-state index is 12.1. The van der Waals surface area contributed by atoms with E-state index in [-0.39, 0.29) is 23.6 Å². The topological polar surface area (TPSA) is 126 Å². The van der Waals surface area contributed by atoms with Crippen LogP contribution in [0, 0.1) is 11.3 Å². The summed E-state index contributed by atoms with van der Waals surface area (Å²) in [5.41, 5.74) is 6.35. The second-order valence-electron chi connectivity index (χ2n) is 4.98. The Labute approximate surface area is 149 Å². The lowest BCUT2D eigenvalue weighted by atomic mass is 10.2. The molecule has 2 aromatic rings. The molecule has 2 rings (SSSR count). The minimum Gasteiger partial charge on any atom is -0.495 e. The number of hydrogen-bond donors (Lipinski definition) is 1. The van der Waals surface area contributed by atoms with Gasteiger partial charge in [0.2, 0.25) is 0 Å². The van der Waals surface area contributed by atoms with Crippen LogP contribution in [0.25, 0.3) is 5.69 Å². The third-order valence-electron chi connectivity index (χ3n) is 3.54. The molecule has 0 atom stereocenters. The molecular weight excluding hydrogens is 342 g/mol. The summed E-state index contributed by atoms with van der Waals surface area (Å²) in [5.74, 6) is -0.547. The van der Waals surface area contributed by atoms with Crippen molar-refractivity contribution in [1.82, 2.24) is 4.57 Å². The summed E-state index contributed by atoms with van der Waals surface area (Å²) in [6, 6.07) is 6.63. The van der Waals surface area contributed by atoms with Gasteiger partial charge in [0, 0.05) is 12.3 Å². The summed E-state index contributed by atoms with van der Waals surface area (Å²) in [6.45, 7) is -0.288. The van der Waals surface area contributed by atoms with Crippen LogP contribution in [0.4, 0.5) is 5.69 Å². The van der Waals surface area contributed by atoms with E-state index in [2.05, 4.69) is 4.74 Å². The van der Waals surface area contributed by atoms with E-state index in [1.165, 1.54) is 38.2 Å².